The van der Waals surface area contributed by atoms with Crippen molar-refractivity contribution >= 4 is 21.5 Å². The minimum atomic E-state index is -3.39. The van der Waals surface area contributed by atoms with Crippen LogP contribution in [0.3, 0.4) is 0 Å². The van der Waals surface area contributed by atoms with Gasteiger partial charge in [-0.3, -0.25) is 4.79 Å². The molecule has 1 fully saturated rings. The summed E-state index contributed by atoms with van der Waals surface area (Å²) >= 11 is 0. The van der Waals surface area contributed by atoms with Crippen molar-refractivity contribution in [2.24, 2.45) is 5.92 Å². The van der Waals surface area contributed by atoms with E-state index in [0.29, 0.717) is 0 Å². The van der Waals surface area contributed by atoms with E-state index in [1.54, 1.807) is 19.1 Å². The monoisotopic (exact) mass is 310 g/mol. The van der Waals surface area contributed by atoms with Gasteiger partial charge in [0, 0.05) is 38.8 Å². The van der Waals surface area contributed by atoms with Gasteiger partial charge >= 0.3 is 0 Å². The maximum absolute atomic E-state index is 12.0. The Kier molecular flexibility index (Phi) is 4.68. The predicted octanol–water partition coefficient (Wildman–Crippen LogP) is 1.74. The summed E-state index contributed by atoms with van der Waals surface area (Å²) < 4.78 is 25.3. The molecule has 1 aromatic carbocycles. The van der Waals surface area contributed by atoms with Crippen molar-refractivity contribution in [3.05, 3.63) is 24.3 Å². The summed E-state index contributed by atoms with van der Waals surface area (Å²) in [5.41, 5.74) is 0.971. The van der Waals surface area contributed by atoms with E-state index in [1.165, 1.54) is 18.4 Å². The number of carbonyl (C=O) groups excluding carboxylic acids is 1. The molecule has 0 saturated carbocycles. The molecule has 5 nitrogen and oxygen atoms in total. The molecular formula is C15H22N2O3S. The van der Waals surface area contributed by atoms with Gasteiger partial charge in [-0.15, -0.1) is 0 Å². The third kappa shape index (κ3) is 3.44. The second-order valence-corrected chi connectivity index (χ2v) is 7.83. The summed E-state index contributed by atoms with van der Waals surface area (Å²) in [6.07, 6.45) is 1.93. The van der Waals surface area contributed by atoms with Crippen molar-refractivity contribution in [2.75, 3.05) is 32.1 Å². The summed E-state index contributed by atoms with van der Waals surface area (Å²) in [5.74, 6) is 0.315. The average molecular weight is 310 g/mol. The average Bonchev–Trinajstić information content (AvgIpc) is 2.47. The van der Waals surface area contributed by atoms with Crippen LogP contribution in [0, 0.1) is 5.92 Å². The third-order valence-electron chi connectivity index (χ3n) is 3.98. The van der Waals surface area contributed by atoms with Gasteiger partial charge < -0.3 is 4.90 Å². The molecule has 1 atom stereocenters. The maximum atomic E-state index is 12.0. The lowest BCUT2D eigenvalue weighted by Crippen LogP contribution is -2.38. The Labute approximate surface area is 126 Å². The van der Waals surface area contributed by atoms with E-state index in [2.05, 4.69) is 4.90 Å². The molecule has 116 valence electrons. The normalized spacial score (nSPS) is 19.8. The molecule has 1 aliphatic heterocycles. The molecular weight excluding hydrogens is 288 g/mol. The molecule has 1 heterocycles. The number of benzene rings is 1. The van der Waals surface area contributed by atoms with Crippen LogP contribution in [0.1, 0.15) is 19.8 Å². The number of piperidine rings is 1. The van der Waals surface area contributed by atoms with Crippen molar-refractivity contribution in [3.63, 3.8) is 0 Å². The summed E-state index contributed by atoms with van der Waals surface area (Å²) in [7, 11) is -0.350. The molecule has 0 bridgehead atoms. The highest BCUT2D eigenvalue weighted by Gasteiger charge is 2.24. The Morgan fingerprint density at radius 1 is 1.24 bits per heavy atom. The van der Waals surface area contributed by atoms with Gasteiger partial charge in [-0.05, 0) is 44.0 Å². The van der Waals surface area contributed by atoms with E-state index < -0.39 is 10.0 Å². The predicted molar refractivity (Wildman–Crippen MR) is 82.9 cm³/mol. The molecule has 1 saturated heterocycles. The van der Waals surface area contributed by atoms with Crippen LogP contribution in [0.5, 0.6) is 0 Å². The molecule has 0 aliphatic carbocycles. The highest BCUT2D eigenvalue weighted by atomic mass is 32.2. The number of anilines is 1. The Morgan fingerprint density at radius 2 is 1.86 bits per heavy atom. The fraction of sp³-hybridized carbons (Fsp3) is 0.533. The summed E-state index contributed by atoms with van der Waals surface area (Å²) in [6, 6.07) is 6.89. The molecule has 6 heteroatoms. The van der Waals surface area contributed by atoms with Crippen LogP contribution in [0.15, 0.2) is 29.2 Å². The summed E-state index contributed by atoms with van der Waals surface area (Å²) in [5, 5.41) is 0. The fourth-order valence-corrected chi connectivity index (χ4v) is 3.48. The molecule has 21 heavy (non-hydrogen) atoms. The SMILES string of the molecule is CC(=O)C1CCCN(c2ccc(S(=O)(=O)N(C)C)cc2)C1. The minimum Gasteiger partial charge on any atom is -0.371 e. The number of hydrogen-bond donors (Lipinski definition) is 0. The molecule has 2 rings (SSSR count). The van der Waals surface area contributed by atoms with E-state index in [4.69, 9.17) is 0 Å². The van der Waals surface area contributed by atoms with Crippen LogP contribution in [-0.2, 0) is 14.8 Å². The molecule has 1 aromatic rings. The molecule has 0 radical (unpaired) electrons. The molecule has 1 aliphatic rings. The van der Waals surface area contributed by atoms with E-state index in [-0.39, 0.29) is 16.6 Å². The van der Waals surface area contributed by atoms with Gasteiger partial charge in [0.25, 0.3) is 0 Å². The second kappa shape index (κ2) is 6.15. The van der Waals surface area contributed by atoms with Crippen LogP contribution in [-0.4, -0.2) is 45.7 Å². The maximum Gasteiger partial charge on any atom is 0.242 e. The van der Waals surface area contributed by atoms with Crippen LogP contribution in [0.2, 0.25) is 0 Å². The summed E-state index contributed by atoms with van der Waals surface area (Å²) in [4.78, 5) is 14.0. The minimum absolute atomic E-state index is 0.0870. The molecule has 0 N–H and O–H groups in total. The standard InChI is InChI=1S/C15H22N2O3S/c1-12(18)13-5-4-10-17(11-13)14-6-8-15(9-7-14)21(19,20)16(2)3/h6-9,13H,4-5,10-11H2,1-3H3. The molecule has 0 amide bonds. The Balaban J connectivity index is 2.18. The lowest BCUT2D eigenvalue weighted by atomic mass is 9.94. The largest absolute Gasteiger partial charge is 0.371 e. The fourth-order valence-electron chi connectivity index (χ4n) is 2.58. The van der Waals surface area contributed by atoms with Gasteiger partial charge in [0.05, 0.1) is 4.90 Å². The number of Topliss-reactive ketones (excluding diaryl/α,β-unsaturated/α-hetero) is 1. The number of hydrogen-bond acceptors (Lipinski definition) is 4. The van der Waals surface area contributed by atoms with Gasteiger partial charge in [-0.1, -0.05) is 0 Å². The van der Waals surface area contributed by atoms with Gasteiger partial charge in [-0.25, -0.2) is 12.7 Å². The zero-order chi connectivity index (χ0) is 15.6. The lowest BCUT2D eigenvalue weighted by Gasteiger charge is -2.33. The van der Waals surface area contributed by atoms with Crippen LogP contribution < -0.4 is 4.90 Å². The van der Waals surface area contributed by atoms with Gasteiger partial charge in [0.15, 0.2) is 0 Å². The van der Waals surface area contributed by atoms with Gasteiger partial charge in [-0.2, -0.15) is 0 Å². The smallest absolute Gasteiger partial charge is 0.242 e. The zero-order valence-electron chi connectivity index (χ0n) is 12.7. The first-order chi connectivity index (χ1) is 9.82. The van der Waals surface area contributed by atoms with E-state index in [0.717, 1.165) is 31.6 Å². The number of ketones is 1. The van der Waals surface area contributed by atoms with Crippen LogP contribution in [0.4, 0.5) is 5.69 Å². The number of nitrogens with zero attached hydrogens (tertiary/aromatic N) is 2. The van der Waals surface area contributed by atoms with Crippen molar-refractivity contribution < 1.29 is 13.2 Å². The first kappa shape index (κ1) is 16.0. The molecule has 0 aromatic heterocycles. The quantitative estimate of drug-likeness (QED) is 0.850. The highest BCUT2D eigenvalue weighted by Crippen LogP contribution is 2.25. The van der Waals surface area contributed by atoms with Gasteiger partial charge in [0.2, 0.25) is 10.0 Å². The second-order valence-electron chi connectivity index (χ2n) is 5.68. The third-order valence-corrected chi connectivity index (χ3v) is 5.81. The number of rotatable bonds is 4. The number of carbonyl (C=O) groups is 1. The number of sulfonamides is 1. The molecule has 1 unspecified atom stereocenters. The van der Waals surface area contributed by atoms with Crippen LogP contribution in [0.25, 0.3) is 0 Å². The van der Waals surface area contributed by atoms with E-state index >= 15 is 0 Å². The lowest BCUT2D eigenvalue weighted by molar-refractivity contribution is -0.120. The Hall–Kier alpha value is -1.40. The Morgan fingerprint density at radius 3 is 2.38 bits per heavy atom. The first-order valence-corrected chi connectivity index (χ1v) is 8.54. The van der Waals surface area contributed by atoms with E-state index in [1.807, 2.05) is 12.1 Å². The van der Waals surface area contributed by atoms with Crippen molar-refractivity contribution in [1.82, 2.24) is 4.31 Å². The van der Waals surface area contributed by atoms with Gasteiger partial charge in [0.1, 0.15) is 5.78 Å². The topological polar surface area (TPSA) is 57.7 Å². The first-order valence-electron chi connectivity index (χ1n) is 7.10. The van der Waals surface area contributed by atoms with E-state index in [9.17, 15) is 13.2 Å². The van der Waals surface area contributed by atoms with Crippen molar-refractivity contribution in [1.29, 1.82) is 0 Å². The summed E-state index contributed by atoms with van der Waals surface area (Å²) in [6.45, 7) is 3.26. The van der Waals surface area contributed by atoms with Crippen molar-refractivity contribution in [3.8, 4) is 0 Å². The highest BCUT2D eigenvalue weighted by molar-refractivity contribution is 7.89. The van der Waals surface area contributed by atoms with Crippen molar-refractivity contribution in [2.45, 2.75) is 24.7 Å². The van der Waals surface area contributed by atoms with Crippen LogP contribution >= 0.6 is 0 Å². The molecule has 0 spiro atoms. The Bertz CT molecular complexity index is 608. The zero-order valence-corrected chi connectivity index (χ0v) is 13.6.